The van der Waals surface area contributed by atoms with E-state index < -0.39 is 5.41 Å². The highest BCUT2D eigenvalue weighted by Crippen LogP contribution is 2.34. The quantitative estimate of drug-likeness (QED) is 0.105. The van der Waals surface area contributed by atoms with Gasteiger partial charge in [0.2, 0.25) is 17.7 Å². The zero-order chi connectivity index (χ0) is 63.4. The molecule has 0 spiro atoms. The van der Waals surface area contributed by atoms with Crippen molar-refractivity contribution in [3.05, 3.63) is 178 Å². The average Bonchev–Trinajstić information content (AvgIpc) is 2.05. The molecule has 15 heteroatoms. The number of ether oxygens (including phenoxy) is 3. The Kier molecular flexibility index (Phi) is 19.6. The van der Waals surface area contributed by atoms with Crippen molar-refractivity contribution in [2.75, 3.05) is 37.3 Å². The number of nitrogens with zero attached hydrogens (tertiary/aromatic N) is 6. The SMILES string of the molecule is CCn1c(C#Cc2cccc(NC(=O)C(C)(C)C)c2)c(C#N)c2ccc(OC)cc21.CCn1c(C#Cc2cccc(NC(=O)C3CC3)c2)c(C#N)c2ccc(OC)cc21.CCn1c(C#Cc2cccc(NC(=O)C3CCC3)c2)c(C#N)c2ccc(OC)cc21. The number of fused-ring (bicyclic) bond motifs is 3. The predicted molar refractivity (Wildman–Crippen MR) is 349 cm³/mol. The van der Waals surface area contributed by atoms with Gasteiger partial charge in [0.25, 0.3) is 0 Å². The van der Waals surface area contributed by atoms with Crippen LogP contribution in [0.1, 0.15) is 124 Å². The maximum Gasteiger partial charge on any atom is 0.229 e. The van der Waals surface area contributed by atoms with Crippen molar-refractivity contribution in [1.82, 2.24) is 13.7 Å². The molecule has 0 radical (unpaired) electrons. The summed E-state index contributed by atoms with van der Waals surface area (Å²) in [5.41, 5.74) is 10.6. The minimum atomic E-state index is -0.480. The third-order valence-corrected chi connectivity index (χ3v) is 15.6. The lowest BCUT2D eigenvalue weighted by Crippen LogP contribution is -2.28. The van der Waals surface area contributed by atoms with Crippen LogP contribution in [0.25, 0.3) is 32.7 Å². The van der Waals surface area contributed by atoms with Gasteiger partial charge in [-0.15, -0.1) is 0 Å². The van der Waals surface area contributed by atoms with Crippen LogP contribution in [-0.4, -0.2) is 52.8 Å². The lowest BCUT2D eigenvalue weighted by atomic mass is 9.85. The Bertz CT molecular complexity index is 4550. The first-order valence-corrected chi connectivity index (χ1v) is 29.7. The van der Waals surface area contributed by atoms with Crippen LogP contribution in [0.15, 0.2) is 127 Å². The van der Waals surface area contributed by atoms with Gasteiger partial charge in [-0.3, -0.25) is 14.4 Å². The molecular weight excluding hydrogens is 1110 g/mol. The number of nitrogens with one attached hydrogen (secondary N) is 3. The summed E-state index contributed by atoms with van der Waals surface area (Å²) in [4.78, 5) is 36.4. The molecule has 2 saturated carbocycles. The number of carbonyl (C=O) groups excluding carboxylic acids is 3. The van der Waals surface area contributed by atoms with Crippen molar-refractivity contribution >= 4 is 67.5 Å². The smallest absolute Gasteiger partial charge is 0.229 e. The summed E-state index contributed by atoms with van der Waals surface area (Å²) in [5, 5.41) is 40.7. The van der Waals surface area contributed by atoms with Gasteiger partial charge >= 0.3 is 0 Å². The Hall–Kier alpha value is -11.1. The molecule has 3 amide bonds. The van der Waals surface area contributed by atoms with Crippen LogP contribution in [0.2, 0.25) is 0 Å². The van der Waals surface area contributed by atoms with Gasteiger partial charge in [0.05, 0.1) is 54.6 Å². The molecule has 6 aromatic carbocycles. The second-order valence-electron chi connectivity index (χ2n) is 22.5. The molecule has 0 bridgehead atoms. The van der Waals surface area contributed by atoms with E-state index in [0.717, 1.165) is 110 Å². The third-order valence-electron chi connectivity index (χ3n) is 15.6. The molecule has 0 saturated heterocycles. The summed E-state index contributed by atoms with van der Waals surface area (Å²) in [6, 6.07) is 46.4. The number of rotatable bonds is 11. The fourth-order valence-corrected chi connectivity index (χ4v) is 10.3. The first-order valence-electron chi connectivity index (χ1n) is 29.7. The number of carbonyl (C=O) groups is 3. The largest absolute Gasteiger partial charge is 0.497 e. The maximum atomic E-state index is 12.2. The van der Waals surface area contributed by atoms with E-state index in [-0.39, 0.29) is 29.6 Å². The molecule has 2 aliphatic carbocycles. The number of hydrogen-bond donors (Lipinski definition) is 3. The third kappa shape index (κ3) is 14.3. The lowest BCUT2D eigenvalue weighted by Gasteiger charge is -2.24. The van der Waals surface area contributed by atoms with Crippen molar-refractivity contribution < 1.29 is 28.6 Å². The van der Waals surface area contributed by atoms with Gasteiger partial charge in [0.15, 0.2) is 0 Å². The van der Waals surface area contributed by atoms with E-state index in [1.54, 1.807) is 21.3 Å². The molecule has 3 aromatic heterocycles. The number of benzene rings is 6. The van der Waals surface area contributed by atoms with E-state index in [4.69, 9.17) is 14.2 Å². The van der Waals surface area contributed by atoms with Crippen LogP contribution >= 0.6 is 0 Å². The number of aromatic nitrogens is 3. The number of hydrogen-bond acceptors (Lipinski definition) is 9. The van der Waals surface area contributed by atoms with Gasteiger partial charge in [-0.1, -0.05) is 63.2 Å². The second-order valence-corrected chi connectivity index (χ2v) is 22.5. The molecule has 446 valence electrons. The molecule has 0 unspecified atom stereocenters. The molecule has 0 aliphatic heterocycles. The van der Waals surface area contributed by atoms with E-state index in [1.807, 2.05) is 183 Å². The molecule has 9 aromatic rings. The average molecular weight is 1180 g/mol. The molecule has 2 fully saturated rings. The molecule has 0 atom stereocenters. The molecule has 2 aliphatic rings. The Balaban J connectivity index is 0.000000159. The number of nitriles is 3. The molecular formula is C74H69N9O6. The van der Waals surface area contributed by atoms with Gasteiger partial charge in [-0.25, -0.2) is 0 Å². The molecule has 15 nitrogen and oxygen atoms in total. The molecule has 3 heterocycles. The van der Waals surface area contributed by atoms with Crippen molar-refractivity contribution in [3.8, 4) is 71.0 Å². The summed E-state index contributed by atoms with van der Waals surface area (Å²) < 4.78 is 22.1. The predicted octanol–water partition coefficient (Wildman–Crippen LogP) is 13.9. The number of amides is 3. The van der Waals surface area contributed by atoms with E-state index >= 15 is 0 Å². The van der Waals surface area contributed by atoms with Crippen LogP contribution in [0.3, 0.4) is 0 Å². The van der Waals surface area contributed by atoms with Crippen LogP contribution < -0.4 is 30.2 Å². The van der Waals surface area contributed by atoms with E-state index in [2.05, 4.69) is 69.7 Å². The molecule has 3 N–H and O–H groups in total. The fraction of sp³-hybridized carbons (Fsp3) is 0.270. The molecule has 89 heavy (non-hydrogen) atoms. The van der Waals surface area contributed by atoms with Gasteiger partial charge in [-0.05, 0) is 155 Å². The van der Waals surface area contributed by atoms with Gasteiger partial charge in [0.1, 0.15) is 52.5 Å². The van der Waals surface area contributed by atoms with Crippen LogP contribution in [0, 0.1) is 86.8 Å². The highest BCUT2D eigenvalue weighted by atomic mass is 16.5. The normalized spacial score (nSPS) is 12.2. The minimum absolute atomic E-state index is 0.0561. The van der Waals surface area contributed by atoms with Gasteiger partial charge in [-0.2, -0.15) is 15.8 Å². The number of anilines is 3. The second kappa shape index (κ2) is 27.9. The highest BCUT2D eigenvalue weighted by Gasteiger charge is 2.30. The van der Waals surface area contributed by atoms with Gasteiger partial charge in [0, 0.05) is 105 Å². The summed E-state index contributed by atoms with van der Waals surface area (Å²) in [6.07, 6.45) is 4.99. The highest BCUT2D eigenvalue weighted by molar-refractivity contribution is 5.97. The summed E-state index contributed by atoms with van der Waals surface area (Å²) >= 11 is 0. The van der Waals surface area contributed by atoms with E-state index in [9.17, 15) is 30.2 Å². The van der Waals surface area contributed by atoms with E-state index in [0.29, 0.717) is 59.1 Å². The van der Waals surface area contributed by atoms with E-state index in [1.165, 1.54) is 0 Å². The summed E-state index contributed by atoms with van der Waals surface area (Å²) in [7, 11) is 4.88. The monoisotopic (exact) mass is 1180 g/mol. The minimum Gasteiger partial charge on any atom is -0.497 e. The first kappa shape index (κ1) is 62.4. The molecule has 11 rings (SSSR count). The number of aryl methyl sites for hydroxylation is 3. The Labute approximate surface area is 519 Å². The summed E-state index contributed by atoms with van der Waals surface area (Å²) in [5.74, 6) is 21.6. The Morgan fingerprint density at radius 3 is 1.06 bits per heavy atom. The number of methoxy groups -OCH3 is 3. The topological polar surface area (TPSA) is 201 Å². The zero-order valence-corrected chi connectivity index (χ0v) is 51.6. The van der Waals surface area contributed by atoms with Crippen LogP contribution in [0.5, 0.6) is 17.2 Å². The summed E-state index contributed by atoms with van der Waals surface area (Å²) in [6.45, 7) is 13.7. The first-order chi connectivity index (χ1) is 43.1. The van der Waals surface area contributed by atoms with Crippen LogP contribution in [0.4, 0.5) is 17.1 Å². The van der Waals surface area contributed by atoms with Crippen molar-refractivity contribution in [3.63, 3.8) is 0 Å². The Morgan fingerprint density at radius 2 is 0.787 bits per heavy atom. The zero-order valence-electron chi connectivity index (χ0n) is 51.6. The lowest BCUT2D eigenvalue weighted by molar-refractivity contribution is -0.123. The van der Waals surface area contributed by atoms with Crippen molar-refractivity contribution in [2.24, 2.45) is 17.3 Å². The van der Waals surface area contributed by atoms with Crippen molar-refractivity contribution in [2.45, 2.75) is 93.3 Å². The van der Waals surface area contributed by atoms with Crippen molar-refractivity contribution in [1.29, 1.82) is 15.8 Å². The standard InChI is InChI=1S/C25H23N3O2.C25H25N3O2.C24H21N3O2/c1-3-28-23(22(16-26)21-12-11-20(30-2)15-24(21)28)13-10-17-6-4-9-19(14-17)27-25(29)18-7-5-8-18;1-6-28-22(21(16-26)20-12-11-19(30-5)15-23(20)28)13-10-17-8-7-9-18(14-17)27-24(29)25(2,3)4;1-3-27-22(21(15-25)20-11-10-19(29-2)14-23(20)27)12-7-16-5-4-6-18(13-16)26-24(28)17-8-9-17/h4,6,9,11-12,14-15,18H,3,5,7-8H2,1-2H3,(H,27,29);7-9,11-12,14-15H,6H2,1-5H3,(H,27,29);4-6,10-11,13-14,17H,3,8-9H2,1-2H3,(H,26,28). The maximum absolute atomic E-state index is 12.2. The van der Waals surface area contributed by atoms with Crippen LogP contribution in [-0.2, 0) is 34.0 Å². The van der Waals surface area contributed by atoms with Gasteiger partial charge < -0.3 is 43.9 Å². The fourth-order valence-electron chi connectivity index (χ4n) is 10.3. The Morgan fingerprint density at radius 1 is 0.461 bits per heavy atom.